The summed E-state index contributed by atoms with van der Waals surface area (Å²) in [6, 6.07) is 5.84. The molecule has 0 spiro atoms. The predicted molar refractivity (Wildman–Crippen MR) is 73.3 cm³/mol. The van der Waals surface area contributed by atoms with Crippen LogP contribution in [0.4, 0.5) is 4.39 Å². The first kappa shape index (κ1) is 13.5. The number of halogens is 1. The number of carboxylic acids is 1. The Morgan fingerprint density at radius 2 is 2.19 bits per heavy atom. The number of aromatic nitrogens is 1. The summed E-state index contributed by atoms with van der Waals surface area (Å²) in [6.45, 7) is 0.514. The van der Waals surface area contributed by atoms with E-state index in [9.17, 15) is 14.0 Å². The topological polar surface area (TPSA) is 70.5 Å². The number of carboxylic acid groups (broad SMARTS) is 1. The first-order valence-corrected chi connectivity index (χ1v) is 6.62. The van der Waals surface area contributed by atoms with Crippen molar-refractivity contribution in [3.05, 3.63) is 41.8 Å². The van der Waals surface area contributed by atoms with Crippen molar-refractivity contribution in [2.45, 2.75) is 6.42 Å². The Bertz CT molecular complexity index is 732. The fourth-order valence-corrected chi connectivity index (χ4v) is 2.64. The standard InChI is InChI=1S/C15H13FN2O3/c16-11-6-9-2-1-4-17-13(9)12(7-11)14(19)18-5-3-10(8-18)15(20)21/h1-2,4,6-7,10H,3,5,8H2,(H,20,21). The number of likely N-dealkylation sites (tertiary alicyclic amines) is 1. The molecule has 0 bridgehead atoms. The molecule has 0 saturated carbocycles. The molecule has 1 N–H and O–H groups in total. The van der Waals surface area contributed by atoms with Crippen LogP contribution in [0.2, 0.25) is 0 Å². The van der Waals surface area contributed by atoms with Gasteiger partial charge in [0, 0.05) is 24.7 Å². The van der Waals surface area contributed by atoms with Crippen molar-refractivity contribution in [2.24, 2.45) is 5.92 Å². The van der Waals surface area contributed by atoms with E-state index in [2.05, 4.69) is 4.98 Å². The van der Waals surface area contributed by atoms with E-state index in [1.807, 2.05) is 0 Å². The number of benzene rings is 1. The highest BCUT2D eigenvalue weighted by molar-refractivity contribution is 6.05. The second kappa shape index (κ2) is 5.12. The van der Waals surface area contributed by atoms with Crippen LogP contribution in [-0.2, 0) is 4.79 Å². The van der Waals surface area contributed by atoms with Gasteiger partial charge in [0.25, 0.3) is 5.91 Å². The number of pyridine rings is 1. The van der Waals surface area contributed by atoms with Crippen LogP contribution in [0.5, 0.6) is 0 Å². The Balaban J connectivity index is 1.97. The second-order valence-corrected chi connectivity index (χ2v) is 5.10. The number of nitrogens with zero attached hydrogens (tertiary/aromatic N) is 2. The molecule has 0 aliphatic carbocycles. The molecular weight excluding hydrogens is 275 g/mol. The van der Waals surface area contributed by atoms with E-state index in [1.165, 1.54) is 11.0 Å². The molecule has 3 rings (SSSR count). The lowest BCUT2D eigenvalue weighted by molar-refractivity contribution is -0.141. The van der Waals surface area contributed by atoms with Gasteiger partial charge in [0.2, 0.25) is 0 Å². The Kier molecular flexibility index (Phi) is 3.29. The van der Waals surface area contributed by atoms with Crippen molar-refractivity contribution in [1.82, 2.24) is 9.88 Å². The van der Waals surface area contributed by atoms with Crippen molar-refractivity contribution in [3.8, 4) is 0 Å². The SMILES string of the molecule is O=C(O)C1CCN(C(=O)c2cc(F)cc3cccnc23)C1. The third kappa shape index (κ3) is 2.44. The van der Waals surface area contributed by atoms with Gasteiger partial charge >= 0.3 is 5.97 Å². The van der Waals surface area contributed by atoms with Gasteiger partial charge < -0.3 is 10.0 Å². The van der Waals surface area contributed by atoms with Crippen molar-refractivity contribution in [2.75, 3.05) is 13.1 Å². The van der Waals surface area contributed by atoms with Crippen LogP contribution in [0.3, 0.4) is 0 Å². The van der Waals surface area contributed by atoms with Crippen molar-refractivity contribution in [1.29, 1.82) is 0 Å². The Hall–Kier alpha value is -2.50. The molecule has 108 valence electrons. The van der Waals surface area contributed by atoms with Gasteiger partial charge in [0.1, 0.15) is 5.82 Å². The van der Waals surface area contributed by atoms with Gasteiger partial charge in [-0.15, -0.1) is 0 Å². The molecule has 21 heavy (non-hydrogen) atoms. The van der Waals surface area contributed by atoms with Crippen LogP contribution < -0.4 is 0 Å². The van der Waals surface area contributed by atoms with Crippen LogP contribution in [0.25, 0.3) is 10.9 Å². The molecule has 1 aromatic carbocycles. The van der Waals surface area contributed by atoms with E-state index >= 15 is 0 Å². The van der Waals surface area contributed by atoms with Crippen LogP contribution in [0.1, 0.15) is 16.8 Å². The summed E-state index contributed by atoms with van der Waals surface area (Å²) in [5, 5.41) is 9.54. The van der Waals surface area contributed by atoms with Crippen molar-refractivity contribution >= 4 is 22.8 Å². The first-order valence-electron chi connectivity index (χ1n) is 6.62. The molecule has 6 heteroatoms. The number of carbonyl (C=O) groups is 2. The van der Waals surface area contributed by atoms with Crippen LogP contribution >= 0.6 is 0 Å². The number of hydrogen-bond acceptors (Lipinski definition) is 3. The number of amides is 1. The zero-order chi connectivity index (χ0) is 15.0. The maximum absolute atomic E-state index is 13.7. The molecule has 2 heterocycles. The third-order valence-corrected chi connectivity index (χ3v) is 3.72. The van der Waals surface area contributed by atoms with Crippen LogP contribution in [0.15, 0.2) is 30.5 Å². The summed E-state index contributed by atoms with van der Waals surface area (Å²) in [5.41, 5.74) is 0.610. The fourth-order valence-electron chi connectivity index (χ4n) is 2.64. The molecule has 1 saturated heterocycles. The number of hydrogen-bond donors (Lipinski definition) is 1. The highest BCUT2D eigenvalue weighted by atomic mass is 19.1. The van der Waals surface area contributed by atoms with E-state index < -0.39 is 17.7 Å². The summed E-state index contributed by atoms with van der Waals surface area (Å²) < 4.78 is 13.7. The summed E-state index contributed by atoms with van der Waals surface area (Å²) in [5.74, 6) is -2.34. The van der Waals surface area contributed by atoms with Gasteiger partial charge in [-0.3, -0.25) is 14.6 Å². The van der Waals surface area contributed by atoms with E-state index in [1.54, 1.807) is 18.3 Å². The van der Waals surface area contributed by atoms with Gasteiger partial charge in [-0.1, -0.05) is 6.07 Å². The van der Waals surface area contributed by atoms with Crippen molar-refractivity contribution in [3.63, 3.8) is 0 Å². The summed E-state index contributed by atoms with van der Waals surface area (Å²) >= 11 is 0. The minimum Gasteiger partial charge on any atom is -0.481 e. The molecule has 2 aromatic rings. The number of rotatable bonds is 2. The number of aliphatic carboxylic acids is 1. The monoisotopic (exact) mass is 288 g/mol. The highest BCUT2D eigenvalue weighted by Gasteiger charge is 2.32. The summed E-state index contributed by atoms with van der Waals surface area (Å²) in [4.78, 5) is 29.1. The van der Waals surface area contributed by atoms with Gasteiger partial charge in [-0.2, -0.15) is 0 Å². The number of carbonyl (C=O) groups excluding carboxylic acids is 1. The van der Waals surface area contributed by atoms with Crippen LogP contribution in [-0.4, -0.2) is 40.0 Å². The Labute approximate surface area is 120 Å². The normalized spacial score (nSPS) is 18.1. The molecule has 1 aliphatic heterocycles. The lowest BCUT2D eigenvalue weighted by atomic mass is 10.1. The maximum Gasteiger partial charge on any atom is 0.308 e. The zero-order valence-electron chi connectivity index (χ0n) is 11.1. The van der Waals surface area contributed by atoms with E-state index in [4.69, 9.17) is 5.11 Å². The zero-order valence-corrected chi connectivity index (χ0v) is 11.1. The first-order chi connectivity index (χ1) is 10.1. The molecule has 1 atom stereocenters. The summed E-state index contributed by atoms with van der Waals surface area (Å²) in [7, 11) is 0. The minimum absolute atomic E-state index is 0.152. The smallest absolute Gasteiger partial charge is 0.308 e. The van der Waals surface area contributed by atoms with Gasteiger partial charge in [-0.25, -0.2) is 4.39 Å². The molecule has 1 aliphatic rings. The third-order valence-electron chi connectivity index (χ3n) is 3.72. The molecule has 1 aromatic heterocycles. The van der Waals surface area contributed by atoms with Gasteiger partial charge in [0.15, 0.2) is 0 Å². The van der Waals surface area contributed by atoms with Gasteiger partial charge in [0.05, 0.1) is 17.0 Å². The molecule has 1 amide bonds. The van der Waals surface area contributed by atoms with E-state index in [0.29, 0.717) is 23.9 Å². The van der Waals surface area contributed by atoms with Crippen LogP contribution in [0, 0.1) is 11.7 Å². The van der Waals surface area contributed by atoms with Crippen molar-refractivity contribution < 1.29 is 19.1 Å². The lowest BCUT2D eigenvalue weighted by Crippen LogP contribution is -2.30. The maximum atomic E-state index is 13.7. The molecule has 0 radical (unpaired) electrons. The molecule has 1 unspecified atom stereocenters. The fraction of sp³-hybridized carbons (Fsp3) is 0.267. The molecule has 1 fully saturated rings. The van der Waals surface area contributed by atoms with E-state index in [-0.39, 0.29) is 18.0 Å². The Morgan fingerprint density at radius 3 is 2.90 bits per heavy atom. The average Bonchev–Trinajstić information content (AvgIpc) is 2.95. The largest absolute Gasteiger partial charge is 0.481 e. The highest BCUT2D eigenvalue weighted by Crippen LogP contribution is 2.23. The number of fused-ring (bicyclic) bond motifs is 1. The molecular formula is C15H13FN2O3. The summed E-state index contributed by atoms with van der Waals surface area (Å²) in [6.07, 6.45) is 1.96. The quantitative estimate of drug-likeness (QED) is 0.916. The minimum atomic E-state index is -0.910. The van der Waals surface area contributed by atoms with E-state index in [0.717, 1.165) is 6.07 Å². The molecule has 5 nitrogen and oxygen atoms in total. The second-order valence-electron chi connectivity index (χ2n) is 5.10. The predicted octanol–water partition coefficient (Wildman–Crippen LogP) is 1.92. The van der Waals surface area contributed by atoms with Gasteiger partial charge in [-0.05, 0) is 24.6 Å². The Morgan fingerprint density at radius 1 is 1.38 bits per heavy atom. The lowest BCUT2D eigenvalue weighted by Gasteiger charge is -2.16. The average molecular weight is 288 g/mol.